The Morgan fingerprint density at radius 3 is 3.11 bits per heavy atom. The second kappa shape index (κ2) is 5.85. The maximum atomic E-state index is 12.6. The number of pyridine rings is 1. The molecule has 1 aromatic rings. The zero-order valence-corrected chi connectivity index (χ0v) is 11.1. The topological polar surface area (TPSA) is 45.2 Å². The van der Waals surface area contributed by atoms with E-state index in [0.29, 0.717) is 6.04 Å². The second-order valence-electron chi connectivity index (χ2n) is 4.73. The smallest absolute Gasteiger partial charge is 0.256 e. The summed E-state index contributed by atoms with van der Waals surface area (Å²) in [7, 11) is 1.82. The van der Waals surface area contributed by atoms with Crippen LogP contribution in [0, 0.1) is 0 Å². The van der Waals surface area contributed by atoms with Gasteiger partial charge in [0, 0.05) is 25.8 Å². The third-order valence-corrected chi connectivity index (χ3v) is 3.68. The predicted octanol–water partition coefficient (Wildman–Crippen LogP) is 2.53. The Morgan fingerprint density at radius 2 is 2.39 bits per heavy atom. The van der Waals surface area contributed by atoms with Crippen LogP contribution in [0.5, 0.6) is 0 Å². The first kappa shape index (κ1) is 12.9. The lowest BCUT2D eigenvalue weighted by Crippen LogP contribution is -2.43. The Morgan fingerprint density at radius 1 is 1.56 bits per heavy atom. The normalized spacial score (nSPS) is 19.7. The summed E-state index contributed by atoms with van der Waals surface area (Å²) in [5.41, 5.74) is 1.54. The fourth-order valence-electron chi connectivity index (χ4n) is 2.63. The van der Waals surface area contributed by atoms with E-state index in [1.807, 2.05) is 11.9 Å². The van der Waals surface area contributed by atoms with Crippen molar-refractivity contribution < 1.29 is 4.79 Å². The predicted molar refractivity (Wildman–Crippen MR) is 72.8 cm³/mol. The maximum Gasteiger partial charge on any atom is 0.256 e. The third kappa shape index (κ3) is 2.47. The Labute approximate surface area is 108 Å². The highest BCUT2D eigenvalue weighted by Gasteiger charge is 2.27. The van der Waals surface area contributed by atoms with Crippen LogP contribution >= 0.6 is 0 Å². The maximum absolute atomic E-state index is 12.6. The minimum absolute atomic E-state index is 0.133. The van der Waals surface area contributed by atoms with Crippen molar-refractivity contribution in [2.24, 2.45) is 0 Å². The Hall–Kier alpha value is -1.58. The van der Waals surface area contributed by atoms with E-state index < -0.39 is 0 Å². The number of carbonyl (C=O) groups is 1. The molecule has 1 saturated heterocycles. The molecule has 18 heavy (non-hydrogen) atoms. The molecule has 2 rings (SSSR count). The van der Waals surface area contributed by atoms with Crippen molar-refractivity contribution in [2.45, 2.75) is 38.6 Å². The molecule has 1 unspecified atom stereocenters. The van der Waals surface area contributed by atoms with E-state index in [4.69, 9.17) is 0 Å². The van der Waals surface area contributed by atoms with Crippen LogP contribution in [0.1, 0.15) is 43.0 Å². The van der Waals surface area contributed by atoms with Crippen LogP contribution in [0.3, 0.4) is 0 Å². The molecule has 1 aliphatic rings. The average molecular weight is 247 g/mol. The Kier molecular flexibility index (Phi) is 4.18. The van der Waals surface area contributed by atoms with Gasteiger partial charge in [-0.15, -0.1) is 0 Å². The average Bonchev–Trinajstić information content (AvgIpc) is 2.46. The first-order chi connectivity index (χ1) is 8.77. The number of carbonyl (C=O) groups excluding carboxylic acids is 1. The number of nitrogens with one attached hydrogen (secondary N) is 1. The first-order valence-electron chi connectivity index (χ1n) is 6.70. The zero-order chi connectivity index (χ0) is 13.0. The van der Waals surface area contributed by atoms with Crippen molar-refractivity contribution in [3.8, 4) is 0 Å². The molecule has 0 radical (unpaired) electrons. The summed E-state index contributed by atoms with van der Waals surface area (Å²) >= 11 is 0. The minimum Gasteiger partial charge on any atom is -0.386 e. The number of hydrogen-bond donors (Lipinski definition) is 1. The molecule has 1 amide bonds. The summed E-state index contributed by atoms with van der Waals surface area (Å²) in [4.78, 5) is 18.7. The molecule has 0 aliphatic carbocycles. The van der Waals surface area contributed by atoms with E-state index in [9.17, 15) is 4.79 Å². The monoisotopic (exact) mass is 247 g/mol. The van der Waals surface area contributed by atoms with Gasteiger partial charge in [0.2, 0.25) is 0 Å². The molecule has 1 fully saturated rings. The van der Waals surface area contributed by atoms with E-state index in [1.54, 1.807) is 18.5 Å². The molecule has 0 spiro atoms. The van der Waals surface area contributed by atoms with Crippen LogP contribution in [0.2, 0.25) is 0 Å². The van der Waals surface area contributed by atoms with Gasteiger partial charge in [0.15, 0.2) is 0 Å². The molecule has 98 valence electrons. The summed E-state index contributed by atoms with van der Waals surface area (Å²) in [6.45, 7) is 3.03. The van der Waals surface area contributed by atoms with Crippen LogP contribution in [0.4, 0.5) is 5.69 Å². The number of anilines is 1. The van der Waals surface area contributed by atoms with E-state index in [0.717, 1.165) is 37.1 Å². The van der Waals surface area contributed by atoms with Gasteiger partial charge >= 0.3 is 0 Å². The number of rotatable bonds is 3. The lowest BCUT2D eigenvalue weighted by atomic mass is 9.99. The number of hydrogen-bond acceptors (Lipinski definition) is 3. The quantitative estimate of drug-likeness (QED) is 0.892. The molecule has 4 heteroatoms. The van der Waals surface area contributed by atoms with E-state index >= 15 is 0 Å². The molecule has 2 heterocycles. The van der Waals surface area contributed by atoms with Gasteiger partial charge in [-0.25, -0.2) is 0 Å². The number of amides is 1. The number of nitrogens with zero attached hydrogens (tertiary/aromatic N) is 2. The van der Waals surface area contributed by atoms with Gasteiger partial charge in [-0.1, -0.05) is 6.92 Å². The fraction of sp³-hybridized carbons (Fsp3) is 0.571. The molecule has 0 bridgehead atoms. The van der Waals surface area contributed by atoms with Crippen molar-refractivity contribution in [3.05, 3.63) is 24.0 Å². The van der Waals surface area contributed by atoms with Gasteiger partial charge in [-0.3, -0.25) is 9.78 Å². The standard InChI is InChI=1S/C14H21N3O/c1-3-11-6-4-5-9-17(11)14(18)12-7-8-16-10-13(12)15-2/h7-8,10-11,15H,3-6,9H2,1-2H3. The third-order valence-electron chi connectivity index (χ3n) is 3.68. The summed E-state index contributed by atoms with van der Waals surface area (Å²) in [5, 5.41) is 3.04. The summed E-state index contributed by atoms with van der Waals surface area (Å²) in [6.07, 6.45) is 7.89. The number of likely N-dealkylation sites (tertiary alicyclic amines) is 1. The second-order valence-corrected chi connectivity index (χ2v) is 4.73. The van der Waals surface area contributed by atoms with Crippen LogP contribution < -0.4 is 5.32 Å². The molecule has 1 atom stereocenters. The van der Waals surface area contributed by atoms with Gasteiger partial charge < -0.3 is 10.2 Å². The summed E-state index contributed by atoms with van der Waals surface area (Å²) in [5.74, 6) is 0.133. The highest BCUT2D eigenvalue weighted by Crippen LogP contribution is 2.24. The Bertz CT molecular complexity index is 419. The van der Waals surface area contributed by atoms with E-state index in [-0.39, 0.29) is 5.91 Å². The van der Waals surface area contributed by atoms with Crippen molar-refractivity contribution >= 4 is 11.6 Å². The van der Waals surface area contributed by atoms with Crippen LogP contribution in [0.15, 0.2) is 18.5 Å². The van der Waals surface area contributed by atoms with Crippen molar-refractivity contribution in [1.82, 2.24) is 9.88 Å². The zero-order valence-electron chi connectivity index (χ0n) is 11.1. The highest BCUT2D eigenvalue weighted by molar-refractivity contribution is 5.99. The van der Waals surface area contributed by atoms with Crippen molar-refractivity contribution in [2.75, 3.05) is 18.9 Å². The lowest BCUT2D eigenvalue weighted by Gasteiger charge is -2.35. The molecular formula is C14H21N3O. The van der Waals surface area contributed by atoms with Crippen LogP contribution in [-0.4, -0.2) is 35.4 Å². The van der Waals surface area contributed by atoms with Gasteiger partial charge in [0.1, 0.15) is 0 Å². The van der Waals surface area contributed by atoms with E-state index in [2.05, 4.69) is 17.2 Å². The lowest BCUT2D eigenvalue weighted by molar-refractivity contribution is 0.0609. The summed E-state index contributed by atoms with van der Waals surface area (Å²) < 4.78 is 0. The van der Waals surface area contributed by atoms with E-state index in [1.165, 1.54) is 6.42 Å². The fourth-order valence-corrected chi connectivity index (χ4v) is 2.63. The van der Waals surface area contributed by atoms with Gasteiger partial charge in [-0.2, -0.15) is 0 Å². The molecular weight excluding hydrogens is 226 g/mol. The van der Waals surface area contributed by atoms with Gasteiger partial charge in [0.25, 0.3) is 5.91 Å². The molecule has 1 aromatic heterocycles. The SMILES string of the molecule is CCC1CCCCN1C(=O)c1ccncc1NC. The molecule has 0 aromatic carbocycles. The first-order valence-corrected chi connectivity index (χ1v) is 6.70. The van der Waals surface area contributed by atoms with Crippen molar-refractivity contribution in [3.63, 3.8) is 0 Å². The van der Waals surface area contributed by atoms with Crippen LogP contribution in [0.25, 0.3) is 0 Å². The van der Waals surface area contributed by atoms with Crippen LogP contribution in [-0.2, 0) is 0 Å². The van der Waals surface area contributed by atoms with Crippen molar-refractivity contribution in [1.29, 1.82) is 0 Å². The molecule has 0 saturated carbocycles. The molecule has 1 N–H and O–H groups in total. The number of piperidine rings is 1. The van der Waals surface area contributed by atoms with Gasteiger partial charge in [0.05, 0.1) is 17.4 Å². The highest BCUT2D eigenvalue weighted by atomic mass is 16.2. The molecule has 1 aliphatic heterocycles. The molecule has 4 nitrogen and oxygen atoms in total. The minimum atomic E-state index is 0.133. The summed E-state index contributed by atoms with van der Waals surface area (Å²) in [6, 6.07) is 2.19. The number of aromatic nitrogens is 1. The Balaban J connectivity index is 2.24. The van der Waals surface area contributed by atoms with Gasteiger partial charge in [-0.05, 0) is 31.7 Å². The largest absolute Gasteiger partial charge is 0.386 e.